The topological polar surface area (TPSA) is 133 Å². The van der Waals surface area contributed by atoms with Gasteiger partial charge in [-0.1, -0.05) is 19.9 Å². The van der Waals surface area contributed by atoms with Crippen LogP contribution in [0, 0.1) is 18.8 Å². The van der Waals surface area contributed by atoms with E-state index < -0.39 is 9.84 Å². The molecule has 8 rings (SSSR count). The minimum Gasteiger partial charge on any atom is -0.421 e. The fourth-order valence-corrected chi connectivity index (χ4v) is 10.7. The third-order valence-corrected chi connectivity index (χ3v) is 12.7. The molecule has 2 atom stereocenters. The molecule has 238 valence electrons. The van der Waals surface area contributed by atoms with E-state index in [1.807, 2.05) is 24.5 Å². The number of hydrogen-bond donors (Lipinski definition) is 1. The van der Waals surface area contributed by atoms with E-state index in [2.05, 4.69) is 46.5 Å². The van der Waals surface area contributed by atoms with Crippen molar-refractivity contribution in [3.63, 3.8) is 0 Å². The van der Waals surface area contributed by atoms with E-state index in [9.17, 15) is 8.42 Å². The van der Waals surface area contributed by atoms with Crippen LogP contribution in [0.15, 0.2) is 46.0 Å². The highest BCUT2D eigenvalue weighted by atomic mass is 32.2. The van der Waals surface area contributed by atoms with Crippen LogP contribution in [0.1, 0.15) is 73.6 Å². The third kappa shape index (κ3) is 5.10. The van der Waals surface area contributed by atoms with Crippen LogP contribution in [0.5, 0.6) is 0 Å². The van der Waals surface area contributed by atoms with Gasteiger partial charge in [-0.25, -0.2) is 13.4 Å². The van der Waals surface area contributed by atoms with Crippen molar-refractivity contribution in [1.29, 1.82) is 0 Å². The summed E-state index contributed by atoms with van der Waals surface area (Å²) in [6.45, 7) is 7.32. The zero-order valence-electron chi connectivity index (χ0n) is 26.1. The fraction of sp³-hybridized carbons (Fsp3) is 0.441. The number of sulfone groups is 1. The summed E-state index contributed by atoms with van der Waals surface area (Å²) in [6.07, 6.45) is 8.03. The SMILES string of the molecule is Cc1nnc(-c2c(CC3CCOCC3)nc3c(c2-c2cc4ccnc(N[C@H]5CCc6ncccc65)c4s2)S(=O)(=O)C[C@@H]3C(C)C)o1. The van der Waals surface area contributed by atoms with Gasteiger partial charge in [-0.2, -0.15) is 0 Å². The highest BCUT2D eigenvalue weighted by Crippen LogP contribution is 2.51. The normalized spacial score (nSPS) is 20.8. The molecule has 0 spiro atoms. The second-order valence-electron chi connectivity index (χ2n) is 13.0. The van der Waals surface area contributed by atoms with Crippen molar-refractivity contribution >= 4 is 37.1 Å². The number of anilines is 1. The molecule has 46 heavy (non-hydrogen) atoms. The maximum absolute atomic E-state index is 14.1. The van der Waals surface area contributed by atoms with E-state index >= 15 is 0 Å². The van der Waals surface area contributed by atoms with Crippen molar-refractivity contribution in [2.45, 2.75) is 69.7 Å². The number of fused-ring (bicyclic) bond motifs is 3. The molecule has 5 aromatic heterocycles. The number of thiophene rings is 1. The molecule has 1 saturated heterocycles. The van der Waals surface area contributed by atoms with E-state index in [0.717, 1.165) is 57.9 Å². The first-order valence-corrected chi connectivity index (χ1v) is 18.5. The fourth-order valence-electron chi connectivity index (χ4n) is 7.26. The van der Waals surface area contributed by atoms with Crippen molar-refractivity contribution in [1.82, 2.24) is 25.1 Å². The Kier molecular flexibility index (Phi) is 7.41. The minimum atomic E-state index is -3.66. The zero-order valence-corrected chi connectivity index (χ0v) is 27.7. The Morgan fingerprint density at radius 1 is 1.07 bits per heavy atom. The molecule has 12 heteroatoms. The first-order valence-electron chi connectivity index (χ1n) is 16.0. The highest BCUT2D eigenvalue weighted by Gasteiger charge is 2.43. The summed E-state index contributed by atoms with van der Waals surface area (Å²) < 4.78 is 41.0. The summed E-state index contributed by atoms with van der Waals surface area (Å²) in [4.78, 5) is 15.7. The molecule has 10 nitrogen and oxygen atoms in total. The molecular formula is C34H36N6O4S2. The lowest BCUT2D eigenvalue weighted by atomic mass is 9.88. The number of rotatable bonds is 7. The predicted octanol–water partition coefficient (Wildman–Crippen LogP) is 6.71. The Morgan fingerprint density at radius 2 is 1.91 bits per heavy atom. The van der Waals surface area contributed by atoms with Gasteiger partial charge in [-0.15, -0.1) is 21.5 Å². The molecule has 7 heterocycles. The molecular weight excluding hydrogens is 621 g/mol. The van der Waals surface area contributed by atoms with Crippen molar-refractivity contribution in [2.75, 3.05) is 24.3 Å². The largest absolute Gasteiger partial charge is 0.421 e. The quantitative estimate of drug-likeness (QED) is 0.202. The number of aromatic nitrogens is 5. The van der Waals surface area contributed by atoms with Crippen molar-refractivity contribution in [3.05, 3.63) is 65.2 Å². The second-order valence-corrected chi connectivity index (χ2v) is 16.0. The van der Waals surface area contributed by atoms with Gasteiger partial charge in [0.05, 0.1) is 38.3 Å². The van der Waals surface area contributed by atoms with Crippen LogP contribution >= 0.6 is 11.3 Å². The molecule has 1 fully saturated rings. The number of hydrogen-bond acceptors (Lipinski definition) is 11. The first-order chi connectivity index (χ1) is 22.3. The van der Waals surface area contributed by atoms with Gasteiger partial charge < -0.3 is 14.5 Å². The van der Waals surface area contributed by atoms with E-state index in [1.165, 1.54) is 5.56 Å². The number of nitrogens with one attached hydrogen (secondary N) is 1. The summed E-state index contributed by atoms with van der Waals surface area (Å²) >= 11 is 1.55. The molecule has 0 aromatic carbocycles. The molecule has 0 unspecified atom stereocenters. The van der Waals surface area contributed by atoms with Crippen LogP contribution in [0.25, 0.3) is 32.0 Å². The van der Waals surface area contributed by atoms with E-state index in [1.54, 1.807) is 18.3 Å². The molecule has 0 bridgehead atoms. The average Bonchev–Trinajstić information content (AvgIpc) is 3.82. The summed E-state index contributed by atoms with van der Waals surface area (Å²) in [7, 11) is -3.66. The van der Waals surface area contributed by atoms with Gasteiger partial charge in [0.25, 0.3) is 0 Å². The maximum atomic E-state index is 14.1. The number of aryl methyl sites for hydroxylation is 2. The maximum Gasteiger partial charge on any atom is 0.250 e. The third-order valence-electron chi connectivity index (χ3n) is 9.64. The number of pyridine rings is 3. The smallest absolute Gasteiger partial charge is 0.250 e. The van der Waals surface area contributed by atoms with Gasteiger partial charge in [-0.3, -0.25) is 9.97 Å². The first kappa shape index (κ1) is 29.6. The molecule has 5 aromatic rings. The second kappa shape index (κ2) is 11.5. The molecule has 2 aliphatic heterocycles. The van der Waals surface area contributed by atoms with E-state index in [-0.39, 0.29) is 23.6 Å². The Morgan fingerprint density at radius 3 is 2.70 bits per heavy atom. The van der Waals surface area contributed by atoms with Crippen molar-refractivity contribution < 1.29 is 17.6 Å². The zero-order chi connectivity index (χ0) is 31.6. The van der Waals surface area contributed by atoms with Crippen LogP contribution in [-0.2, 0) is 27.4 Å². The van der Waals surface area contributed by atoms with Crippen LogP contribution in [0.4, 0.5) is 5.82 Å². The van der Waals surface area contributed by atoms with E-state index in [4.69, 9.17) is 19.1 Å². The van der Waals surface area contributed by atoms with E-state index in [0.29, 0.717) is 59.1 Å². The molecule has 0 saturated carbocycles. The monoisotopic (exact) mass is 656 g/mol. The average molecular weight is 657 g/mol. The van der Waals surface area contributed by atoms with Gasteiger partial charge in [-0.05, 0) is 73.1 Å². The molecule has 3 aliphatic rings. The lowest BCUT2D eigenvalue weighted by molar-refractivity contribution is 0.0663. The highest BCUT2D eigenvalue weighted by molar-refractivity contribution is 7.92. The summed E-state index contributed by atoms with van der Waals surface area (Å²) in [5, 5.41) is 13.3. The number of nitrogens with zero attached hydrogens (tertiary/aromatic N) is 5. The Hall–Kier alpha value is -3.74. The summed E-state index contributed by atoms with van der Waals surface area (Å²) in [5.41, 5.74) is 5.05. The Bertz CT molecular complexity index is 2070. The Labute approximate surface area is 272 Å². The lowest BCUT2D eigenvalue weighted by Crippen LogP contribution is -2.19. The summed E-state index contributed by atoms with van der Waals surface area (Å²) in [5.74, 6) is 1.80. The minimum absolute atomic E-state index is 0.0391. The van der Waals surface area contributed by atoms with Crippen molar-refractivity contribution in [2.24, 2.45) is 11.8 Å². The van der Waals surface area contributed by atoms with Crippen LogP contribution in [-0.4, -0.2) is 52.5 Å². The van der Waals surface area contributed by atoms with Gasteiger partial charge in [0.1, 0.15) is 5.82 Å². The molecule has 1 aliphatic carbocycles. The van der Waals surface area contributed by atoms with Gasteiger partial charge in [0, 0.05) is 54.6 Å². The number of ether oxygens (including phenoxy) is 1. The van der Waals surface area contributed by atoms with Gasteiger partial charge in [0.2, 0.25) is 11.8 Å². The molecule has 1 N–H and O–H groups in total. The van der Waals surface area contributed by atoms with Crippen molar-refractivity contribution in [3.8, 4) is 21.9 Å². The predicted molar refractivity (Wildman–Crippen MR) is 177 cm³/mol. The summed E-state index contributed by atoms with van der Waals surface area (Å²) in [6, 6.07) is 8.27. The van der Waals surface area contributed by atoms with Gasteiger partial charge in [0.15, 0.2) is 9.84 Å². The molecule has 0 amide bonds. The Balaban J connectivity index is 1.34. The van der Waals surface area contributed by atoms with Crippen LogP contribution in [0.2, 0.25) is 0 Å². The van der Waals surface area contributed by atoms with Crippen LogP contribution in [0.3, 0.4) is 0 Å². The molecule has 0 radical (unpaired) electrons. The van der Waals surface area contributed by atoms with Crippen LogP contribution < -0.4 is 5.32 Å². The standard InChI is InChI=1S/C34H36N6O4S2/c1-18(2)23-17-46(41,42)32-29(28(34-40-39-19(3)44-34)26(37-30(23)32)15-20-9-13-43-14-10-20)27-16-21-8-12-36-33(31(21)45-27)38-25-7-6-24-22(25)5-4-11-35-24/h4-5,8,11-12,16,18,20,23,25H,6-7,9-10,13-15,17H2,1-3H3,(H,36,38)/t23-,25+/m1/s1. The lowest BCUT2D eigenvalue weighted by Gasteiger charge is -2.24. The van der Waals surface area contributed by atoms with Gasteiger partial charge >= 0.3 is 0 Å².